The number of aryl methyl sites for hydroxylation is 2. The first-order valence-corrected chi connectivity index (χ1v) is 8.60. The second kappa shape index (κ2) is 7.43. The third-order valence-corrected chi connectivity index (χ3v) is 4.69. The maximum atomic E-state index is 12.7. The molecule has 1 aliphatic rings. The van der Waals surface area contributed by atoms with Crippen LogP contribution in [0.5, 0.6) is 0 Å². The second-order valence-corrected chi connectivity index (χ2v) is 6.26. The van der Waals surface area contributed by atoms with Gasteiger partial charge in [-0.1, -0.05) is 25.1 Å². The van der Waals surface area contributed by atoms with Crippen molar-refractivity contribution < 1.29 is 4.79 Å². The predicted molar refractivity (Wildman–Crippen MR) is 96.2 cm³/mol. The molecule has 1 fully saturated rings. The highest BCUT2D eigenvalue weighted by Crippen LogP contribution is 2.25. The summed E-state index contributed by atoms with van der Waals surface area (Å²) in [7, 11) is 0. The lowest BCUT2D eigenvalue weighted by Crippen LogP contribution is -2.39. The van der Waals surface area contributed by atoms with E-state index in [2.05, 4.69) is 33.2 Å². The number of anilines is 2. The average Bonchev–Trinajstić information content (AvgIpc) is 2.64. The summed E-state index contributed by atoms with van der Waals surface area (Å²) in [6.45, 7) is 5.79. The molecule has 3 rings (SSSR count). The molecule has 0 radical (unpaired) electrons. The molecular formula is C19H24N4O. The van der Waals surface area contributed by atoms with Crippen LogP contribution in [-0.2, 0) is 11.2 Å². The quantitative estimate of drug-likeness (QED) is 0.938. The van der Waals surface area contributed by atoms with Crippen molar-refractivity contribution in [2.45, 2.75) is 33.1 Å². The molecule has 0 unspecified atom stereocenters. The Labute approximate surface area is 143 Å². The Hall–Kier alpha value is -2.43. The van der Waals surface area contributed by atoms with E-state index in [1.165, 1.54) is 5.56 Å². The largest absolute Gasteiger partial charge is 0.341 e. The van der Waals surface area contributed by atoms with Gasteiger partial charge < -0.3 is 10.2 Å². The molecule has 1 aromatic carbocycles. The Morgan fingerprint density at radius 1 is 1.21 bits per heavy atom. The minimum absolute atomic E-state index is 0.0503. The predicted octanol–water partition coefficient (Wildman–Crippen LogP) is 3.20. The summed E-state index contributed by atoms with van der Waals surface area (Å²) < 4.78 is 0. The molecule has 1 aromatic heterocycles. The summed E-state index contributed by atoms with van der Waals surface area (Å²) in [4.78, 5) is 23.4. The van der Waals surface area contributed by atoms with E-state index in [0.29, 0.717) is 0 Å². The minimum atomic E-state index is 0.0503. The summed E-state index contributed by atoms with van der Waals surface area (Å²) in [5.41, 5.74) is 3.30. The van der Waals surface area contributed by atoms with Gasteiger partial charge in [0.15, 0.2) is 0 Å². The van der Waals surface area contributed by atoms with Crippen LogP contribution >= 0.6 is 0 Å². The number of carbonyl (C=O) groups excluding carboxylic acids is 1. The Kier molecular flexibility index (Phi) is 5.08. The van der Waals surface area contributed by atoms with E-state index in [9.17, 15) is 4.79 Å². The summed E-state index contributed by atoms with van der Waals surface area (Å²) in [6, 6.07) is 7.99. The van der Waals surface area contributed by atoms with Crippen LogP contribution in [0.2, 0.25) is 0 Å². The van der Waals surface area contributed by atoms with Crippen LogP contribution in [0.3, 0.4) is 0 Å². The smallest absolute Gasteiger partial charge is 0.227 e. The van der Waals surface area contributed by atoms with Crippen molar-refractivity contribution in [3.63, 3.8) is 0 Å². The fourth-order valence-corrected chi connectivity index (χ4v) is 3.22. The number of nitrogens with one attached hydrogen (secondary N) is 1. The van der Waals surface area contributed by atoms with Gasteiger partial charge in [-0.25, -0.2) is 9.97 Å². The molecule has 24 heavy (non-hydrogen) atoms. The normalized spacial score (nSPS) is 15.3. The number of piperidine rings is 1. The zero-order valence-corrected chi connectivity index (χ0v) is 14.3. The molecule has 1 N–H and O–H groups in total. The van der Waals surface area contributed by atoms with E-state index in [4.69, 9.17) is 0 Å². The van der Waals surface area contributed by atoms with Crippen molar-refractivity contribution >= 4 is 17.5 Å². The van der Waals surface area contributed by atoms with E-state index in [1.54, 1.807) is 12.4 Å². The molecule has 0 saturated carbocycles. The molecule has 126 valence electrons. The second-order valence-electron chi connectivity index (χ2n) is 6.26. The fourth-order valence-electron chi connectivity index (χ4n) is 3.22. The average molecular weight is 324 g/mol. The van der Waals surface area contributed by atoms with E-state index in [-0.39, 0.29) is 11.8 Å². The Morgan fingerprint density at radius 2 is 1.92 bits per heavy atom. The number of carbonyl (C=O) groups is 1. The monoisotopic (exact) mass is 324 g/mol. The molecule has 0 atom stereocenters. The lowest BCUT2D eigenvalue weighted by atomic mass is 9.95. The fraction of sp³-hybridized carbons (Fsp3) is 0.421. The van der Waals surface area contributed by atoms with Gasteiger partial charge in [-0.3, -0.25) is 4.79 Å². The molecular weight excluding hydrogens is 300 g/mol. The molecule has 5 nitrogen and oxygen atoms in total. The van der Waals surface area contributed by atoms with Crippen LogP contribution in [0.15, 0.2) is 36.7 Å². The SMILES string of the molecule is CCc1cccc(C)c1NC(=O)C1CCN(c2ncccn2)CC1. The zero-order valence-electron chi connectivity index (χ0n) is 14.3. The standard InChI is InChI=1S/C19H24N4O/c1-3-15-7-4-6-14(2)17(15)22-18(24)16-8-12-23(13-9-16)19-20-10-5-11-21-19/h4-7,10-11,16H,3,8-9,12-13H2,1-2H3,(H,22,24). The van der Waals surface area contributed by atoms with Crippen LogP contribution in [0.4, 0.5) is 11.6 Å². The molecule has 5 heteroatoms. The van der Waals surface area contributed by atoms with E-state index < -0.39 is 0 Å². The molecule has 1 saturated heterocycles. The van der Waals surface area contributed by atoms with Gasteiger partial charge in [0.2, 0.25) is 11.9 Å². The summed E-state index contributed by atoms with van der Waals surface area (Å²) in [5.74, 6) is 0.936. The van der Waals surface area contributed by atoms with Crippen LogP contribution in [0.25, 0.3) is 0 Å². The summed E-state index contributed by atoms with van der Waals surface area (Å²) in [6.07, 6.45) is 6.09. The lowest BCUT2D eigenvalue weighted by Gasteiger charge is -2.31. The highest BCUT2D eigenvalue weighted by Gasteiger charge is 2.26. The van der Waals surface area contributed by atoms with Crippen LogP contribution < -0.4 is 10.2 Å². The molecule has 2 heterocycles. The number of amides is 1. The van der Waals surface area contributed by atoms with Crippen molar-refractivity contribution in [2.75, 3.05) is 23.3 Å². The van der Waals surface area contributed by atoms with E-state index in [0.717, 1.165) is 49.6 Å². The number of rotatable bonds is 4. The van der Waals surface area contributed by atoms with E-state index >= 15 is 0 Å². The van der Waals surface area contributed by atoms with Crippen molar-refractivity contribution in [2.24, 2.45) is 5.92 Å². The number of benzene rings is 1. The first kappa shape index (κ1) is 16.4. The van der Waals surface area contributed by atoms with Crippen molar-refractivity contribution in [3.05, 3.63) is 47.8 Å². The molecule has 1 aliphatic heterocycles. The topological polar surface area (TPSA) is 58.1 Å². The third kappa shape index (κ3) is 3.55. The van der Waals surface area contributed by atoms with Gasteiger partial charge in [-0.15, -0.1) is 0 Å². The number of para-hydroxylation sites is 1. The maximum Gasteiger partial charge on any atom is 0.227 e. The number of hydrogen-bond donors (Lipinski definition) is 1. The van der Waals surface area contributed by atoms with E-state index in [1.807, 2.05) is 25.1 Å². The van der Waals surface area contributed by atoms with Crippen LogP contribution in [-0.4, -0.2) is 29.0 Å². The summed E-state index contributed by atoms with van der Waals surface area (Å²) in [5, 5.41) is 3.17. The maximum absolute atomic E-state index is 12.7. The van der Waals surface area contributed by atoms with Gasteiger partial charge >= 0.3 is 0 Å². The van der Waals surface area contributed by atoms with Crippen molar-refractivity contribution in [1.29, 1.82) is 0 Å². The Bertz CT molecular complexity index is 694. The Balaban J connectivity index is 1.62. The number of hydrogen-bond acceptors (Lipinski definition) is 4. The Morgan fingerprint density at radius 3 is 2.58 bits per heavy atom. The van der Waals surface area contributed by atoms with Gasteiger partial charge in [0.05, 0.1) is 0 Å². The summed E-state index contributed by atoms with van der Waals surface area (Å²) >= 11 is 0. The van der Waals surface area contributed by atoms with Crippen molar-refractivity contribution in [3.8, 4) is 0 Å². The molecule has 0 aliphatic carbocycles. The first-order chi connectivity index (χ1) is 11.7. The lowest BCUT2D eigenvalue weighted by molar-refractivity contribution is -0.120. The molecule has 0 spiro atoms. The first-order valence-electron chi connectivity index (χ1n) is 8.60. The van der Waals surface area contributed by atoms with Crippen LogP contribution in [0, 0.1) is 12.8 Å². The number of aromatic nitrogens is 2. The van der Waals surface area contributed by atoms with Gasteiger partial charge in [0.25, 0.3) is 0 Å². The molecule has 1 amide bonds. The minimum Gasteiger partial charge on any atom is -0.341 e. The molecule has 0 bridgehead atoms. The zero-order chi connectivity index (χ0) is 16.9. The number of nitrogens with zero attached hydrogens (tertiary/aromatic N) is 3. The van der Waals surface area contributed by atoms with Gasteiger partial charge in [-0.2, -0.15) is 0 Å². The third-order valence-electron chi connectivity index (χ3n) is 4.69. The van der Waals surface area contributed by atoms with Crippen LogP contribution in [0.1, 0.15) is 30.9 Å². The molecule has 2 aromatic rings. The highest BCUT2D eigenvalue weighted by molar-refractivity contribution is 5.94. The van der Waals surface area contributed by atoms with Crippen molar-refractivity contribution in [1.82, 2.24) is 9.97 Å². The van der Waals surface area contributed by atoms with Gasteiger partial charge in [0, 0.05) is 37.1 Å². The highest BCUT2D eigenvalue weighted by atomic mass is 16.1. The van der Waals surface area contributed by atoms with Gasteiger partial charge in [0.1, 0.15) is 0 Å². The van der Waals surface area contributed by atoms with Gasteiger partial charge in [-0.05, 0) is 43.4 Å².